The minimum atomic E-state index is 0.256. The van der Waals surface area contributed by atoms with Gasteiger partial charge in [0.2, 0.25) is 5.95 Å². The van der Waals surface area contributed by atoms with Gasteiger partial charge in [0.25, 0.3) is 0 Å². The molecule has 1 aromatic rings. The van der Waals surface area contributed by atoms with Crippen molar-refractivity contribution in [3.05, 3.63) is 16.9 Å². The molecule has 1 aliphatic rings. The van der Waals surface area contributed by atoms with Crippen LogP contribution in [0, 0.1) is 0 Å². The molecule has 2 heterocycles. The number of piperidine rings is 1. The maximum absolute atomic E-state index is 5.88. The van der Waals surface area contributed by atoms with Gasteiger partial charge in [-0.2, -0.15) is 11.8 Å². The average Bonchev–Trinajstić information content (AvgIpc) is 2.40. The zero-order chi connectivity index (χ0) is 12.3. The molecule has 2 N–H and O–H groups in total. The van der Waals surface area contributed by atoms with E-state index in [9.17, 15) is 0 Å². The maximum Gasteiger partial charge on any atom is 0.225 e. The number of halogens is 1. The molecule has 17 heavy (non-hydrogen) atoms. The first-order chi connectivity index (χ1) is 8.19. The fourth-order valence-electron chi connectivity index (χ4n) is 2.07. The maximum atomic E-state index is 5.88. The normalized spacial score (nSPS) is 19.4. The molecule has 0 unspecified atom stereocenters. The minimum Gasteiger partial charge on any atom is -0.341 e. The van der Waals surface area contributed by atoms with Gasteiger partial charge in [-0.3, -0.25) is 0 Å². The number of nitrogens with two attached hydrogens (primary N) is 1. The first-order valence-corrected chi connectivity index (χ1v) is 7.69. The lowest BCUT2D eigenvalue weighted by molar-refractivity contribution is 0.453. The lowest BCUT2D eigenvalue weighted by Crippen LogP contribution is -2.47. The first kappa shape index (κ1) is 13.1. The summed E-state index contributed by atoms with van der Waals surface area (Å²) >= 11 is 5.24. The second kappa shape index (κ2) is 5.54. The van der Waals surface area contributed by atoms with Crippen LogP contribution in [-0.4, -0.2) is 40.6 Å². The van der Waals surface area contributed by atoms with Gasteiger partial charge in [-0.1, -0.05) is 0 Å². The fourth-order valence-corrected chi connectivity index (χ4v) is 3.04. The molecule has 0 aliphatic carbocycles. The monoisotopic (exact) mass is 316 g/mol. The Morgan fingerprint density at radius 2 is 2.00 bits per heavy atom. The number of rotatable bonds is 3. The van der Waals surface area contributed by atoms with Crippen molar-refractivity contribution in [2.24, 2.45) is 5.73 Å². The number of nitrogens with zero attached hydrogens (tertiary/aromatic N) is 3. The van der Waals surface area contributed by atoms with E-state index in [1.54, 1.807) is 12.4 Å². The van der Waals surface area contributed by atoms with E-state index in [-0.39, 0.29) is 4.75 Å². The molecule has 0 saturated carbocycles. The zero-order valence-electron chi connectivity index (χ0n) is 9.90. The second-order valence-corrected chi connectivity index (χ2v) is 6.47. The van der Waals surface area contributed by atoms with Crippen molar-refractivity contribution in [1.82, 2.24) is 9.97 Å². The van der Waals surface area contributed by atoms with Gasteiger partial charge < -0.3 is 10.6 Å². The van der Waals surface area contributed by atoms with E-state index in [1.165, 1.54) is 0 Å². The van der Waals surface area contributed by atoms with Gasteiger partial charge in [-0.05, 0) is 35.0 Å². The van der Waals surface area contributed by atoms with Gasteiger partial charge >= 0.3 is 0 Å². The van der Waals surface area contributed by atoms with Crippen LogP contribution in [0.1, 0.15) is 12.8 Å². The van der Waals surface area contributed by atoms with Crippen molar-refractivity contribution >= 4 is 33.6 Å². The van der Waals surface area contributed by atoms with E-state index < -0.39 is 0 Å². The standard InChI is InChI=1S/C11H17BrN4S/c1-17-11(8-13)2-4-16(5-3-11)10-14-6-9(12)7-15-10/h6-7H,2-5,8,13H2,1H3. The van der Waals surface area contributed by atoms with Crippen LogP contribution in [0.4, 0.5) is 5.95 Å². The second-order valence-electron chi connectivity index (χ2n) is 4.28. The first-order valence-electron chi connectivity index (χ1n) is 5.67. The Bertz CT molecular complexity index is 356. The Kier molecular flexibility index (Phi) is 4.27. The van der Waals surface area contributed by atoms with Crippen LogP contribution in [0.2, 0.25) is 0 Å². The van der Waals surface area contributed by atoms with E-state index in [2.05, 4.69) is 37.1 Å². The van der Waals surface area contributed by atoms with Gasteiger partial charge in [0.05, 0.1) is 4.47 Å². The number of hydrogen-bond acceptors (Lipinski definition) is 5. The van der Waals surface area contributed by atoms with Crippen LogP contribution < -0.4 is 10.6 Å². The van der Waals surface area contributed by atoms with E-state index >= 15 is 0 Å². The Balaban J connectivity index is 2.01. The van der Waals surface area contributed by atoms with E-state index in [0.29, 0.717) is 0 Å². The van der Waals surface area contributed by atoms with Crippen molar-refractivity contribution < 1.29 is 0 Å². The molecule has 1 saturated heterocycles. The molecule has 6 heteroatoms. The SMILES string of the molecule is CSC1(CN)CCN(c2ncc(Br)cn2)CC1. The Hall–Kier alpha value is -0.330. The molecule has 4 nitrogen and oxygen atoms in total. The fraction of sp³-hybridized carbons (Fsp3) is 0.636. The summed E-state index contributed by atoms with van der Waals surface area (Å²) in [4.78, 5) is 10.9. The zero-order valence-corrected chi connectivity index (χ0v) is 12.3. The van der Waals surface area contributed by atoms with Crippen LogP contribution in [0.15, 0.2) is 16.9 Å². The molecule has 1 aliphatic heterocycles. The highest BCUT2D eigenvalue weighted by Gasteiger charge is 2.33. The molecular formula is C11H17BrN4S. The lowest BCUT2D eigenvalue weighted by Gasteiger charge is -2.40. The molecule has 0 amide bonds. The summed E-state index contributed by atoms with van der Waals surface area (Å²) in [6, 6.07) is 0. The molecule has 0 atom stereocenters. The summed E-state index contributed by atoms with van der Waals surface area (Å²) in [5.74, 6) is 0.819. The van der Waals surface area contributed by atoms with Crippen molar-refractivity contribution in [3.8, 4) is 0 Å². The van der Waals surface area contributed by atoms with Crippen molar-refractivity contribution in [2.75, 3.05) is 30.8 Å². The quantitative estimate of drug-likeness (QED) is 0.923. The predicted molar refractivity (Wildman–Crippen MR) is 76.5 cm³/mol. The minimum absolute atomic E-state index is 0.256. The van der Waals surface area contributed by atoms with Crippen LogP contribution >= 0.6 is 27.7 Å². The van der Waals surface area contributed by atoms with Gasteiger partial charge in [-0.15, -0.1) is 0 Å². The van der Waals surface area contributed by atoms with Gasteiger partial charge in [0, 0.05) is 36.8 Å². The Labute approximate surface area is 115 Å². The molecular weight excluding hydrogens is 300 g/mol. The van der Waals surface area contributed by atoms with E-state index in [0.717, 1.165) is 42.9 Å². The highest BCUT2D eigenvalue weighted by atomic mass is 79.9. The van der Waals surface area contributed by atoms with Crippen LogP contribution in [-0.2, 0) is 0 Å². The Morgan fingerprint density at radius 3 is 2.47 bits per heavy atom. The van der Waals surface area contributed by atoms with Crippen LogP contribution in [0.3, 0.4) is 0 Å². The van der Waals surface area contributed by atoms with Gasteiger partial charge in [0.15, 0.2) is 0 Å². The average molecular weight is 317 g/mol. The largest absolute Gasteiger partial charge is 0.341 e. The summed E-state index contributed by atoms with van der Waals surface area (Å²) in [6.45, 7) is 2.72. The smallest absolute Gasteiger partial charge is 0.225 e. The molecule has 0 aromatic carbocycles. The number of thioether (sulfide) groups is 1. The van der Waals surface area contributed by atoms with Crippen LogP contribution in [0.5, 0.6) is 0 Å². The Morgan fingerprint density at radius 1 is 1.41 bits per heavy atom. The topological polar surface area (TPSA) is 55.0 Å². The molecule has 94 valence electrons. The van der Waals surface area contributed by atoms with Gasteiger partial charge in [0.1, 0.15) is 0 Å². The third-order valence-electron chi connectivity index (χ3n) is 3.37. The number of aromatic nitrogens is 2. The van der Waals surface area contributed by atoms with Crippen LogP contribution in [0.25, 0.3) is 0 Å². The summed E-state index contributed by atoms with van der Waals surface area (Å²) < 4.78 is 1.17. The van der Waals surface area contributed by atoms with Crippen molar-refractivity contribution in [3.63, 3.8) is 0 Å². The highest BCUT2D eigenvalue weighted by Crippen LogP contribution is 2.34. The van der Waals surface area contributed by atoms with Crippen molar-refractivity contribution in [1.29, 1.82) is 0 Å². The van der Waals surface area contributed by atoms with Crippen molar-refractivity contribution in [2.45, 2.75) is 17.6 Å². The third kappa shape index (κ3) is 2.92. The predicted octanol–water partition coefficient (Wildman–Crippen LogP) is 1.90. The molecule has 0 bridgehead atoms. The number of hydrogen-bond donors (Lipinski definition) is 1. The molecule has 1 fully saturated rings. The van der Waals surface area contributed by atoms with E-state index in [1.807, 2.05) is 11.8 Å². The summed E-state index contributed by atoms with van der Waals surface area (Å²) in [7, 11) is 0. The summed E-state index contributed by atoms with van der Waals surface area (Å²) in [6.07, 6.45) is 7.94. The summed E-state index contributed by atoms with van der Waals surface area (Å²) in [5.41, 5.74) is 5.88. The highest BCUT2D eigenvalue weighted by molar-refractivity contribution is 9.10. The molecule has 0 radical (unpaired) electrons. The molecule has 1 aromatic heterocycles. The van der Waals surface area contributed by atoms with E-state index in [4.69, 9.17) is 5.73 Å². The lowest BCUT2D eigenvalue weighted by atomic mass is 9.96. The van der Waals surface area contributed by atoms with Gasteiger partial charge in [-0.25, -0.2) is 9.97 Å². The molecule has 0 spiro atoms. The third-order valence-corrected chi connectivity index (χ3v) is 5.22. The summed E-state index contributed by atoms with van der Waals surface area (Å²) in [5, 5.41) is 0. The number of anilines is 1. The molecule has 2 rings (SSSR count).